The van der Waals surface area contributed by atoms with Crippen LogP contribution in [0.4, 0.5) is 0 Å². The quantitative estimate of drug-likeness (QED) is 0.316. The van der Waals surface area contributed by atoms with Crippen LogP contribution in [-0.4, -0.2) is 38.4 Å². The van der Waals surface area contributed by atoms with Gasteiger partial charge in [0.1, 0.15) is 6.04 Å². The molecule has 2 amide bonds. The smallest absolute Gasteiger partial charge is 0.256 e. The van der Waals surface area contributed by atoms with Gasteiger partial charge in [-0.2, -0.15) is 0 Å². The van der Waals surface area contributed by atoms with Gasteiger partial charge in [0.15, 0.2) is 11.0 Å². The summed E-state index contributed by atoms with van der Waals surface area (Å²) in [4.78, 5) is 25.6. The molecule has 1 aliphatic rings. The van der Waals surface area contributed by atoms with Crippen molar-refractivity contribution < 1.29 is 9.59 Å². The van der Waals surface area contributed by atoms with E-state index in [2.05, 4.69) is 31.9 Å². The zero-order chi connectivity index (χ0) is 21.6. The average Bonchev–Trinajstić information content (AvgIpc) is 3.56. The van der Waals surface area contributed by atoms with Crippen LogP contribution in [0.2, 0.25) is 0 Å². The maximum absolute atomic E-state index is 12.4. The highest BCUT2D eigenvalue weighted by Gasteiger charge is 2.30. The van der Waals surface area contributed by atoms with Crippen LogP contribution < -0.4 is 21.7 Å². The number of hydrogen-bond donors (Lipinski definition) is 4. The predicted molar refractivity (Wildman–Crippen MR) is 120 cm³/mol. The van der Waals surface area contributed by atoms with E-state index in [4.69, 9.17) is 0 Å². The fraction of sp³-hybridized carbons (Fsp3) is 0.300. The highest BCUT2D eigenvalue weighted by molar-refractivity contribution is 7.99. The number of carbonyl (C=O) groups is 2. The number of amides is 2. The van der Waals surface area contributed by atoms with Gasteiger partial charge in [0.05, 0.1) is 10.6 Å². The second kappa shape index (κ2) is 10.1. The van der Waals surface area contributed by atoms with E-state index in [1.165, 1.54) is 11.8 Å². The monoisotopic (exact) mass is 457 g/mol. The second-order valence-electron chi connectivity index (χ2n) is 6.89. The third-order valence-corrected chi connectivity index (χ3v) is 6.69. The minimum Gasteiger partial charge on any atom is -0.302 e. The van der Waals surface area contributed by atoms with Crippen molar-refractivity contribution in [1.82, 2.24) is 36.5 Å². The van der Waals surface area contributed by atoms with E-state index in [1.807, 2.05) is 59.3 Å². The van der Waals surface area contributed by atoms with Crippen LogP contribution in [0.15, 0.2) is 53.0 Å². The Labute approximate surface area is 188 Å². The maximum atomic E-state index is 12.4. The van der Waals surface area contributed by atoms with Crippen LogP contribution in [0.5, 0.6) is 0 Å². The van der Waals surface area contributed by atoms with Crippen molar-refractivity contribution in [2.45, 2.75) is 37.1 Å². The van der Waals surface area contributed by atoms with Gasteiger partial charge >= 0.3 is 0 Å². The van der Waals surface area contributed by atoms with Gasteiger partial charge < -0.3 is 4.57 Å². The molecule has 4 rings (SSSR count). The number of hydrogen-bond acceptors (Lipinski definition) is 8. The maximum Gasteiger partial charge on any atom is 0.256 e. The summed E-state index contributed by atoms with van der Waals surface area (Å²) >= 11 is 2.88. The molecule has 0 aliphatic carbocycles. The van der Waals surface area contributed by atoms with Gasteiger partial charge in [0.25, 0.3) is 5.91 Å². The van der Waals surface area contributed by atoms with Crippen LogP contribution in [0.1, 0.15) is 24.9 Å². The van der Waals surface area contributed by atoms with Crippen LogP contribution in [0, 0.1) is 0 Å². The van der Waals surface area contributed by atoms with Gasteiger partial charge in [0.2, 0.25) is 5.91 Å². The molecule has 1 saturated heterocycles. The van der Waals surface area contributed by atoms with E-state index in [0.717, 1.165) is 16.3 Å². The topological polar surface area (TPSA) is 113 Å². The first kappa shape index (κ1) is 21.5. The van der Waals surface area contributed by atoms with Crippen molar-refractivity contribution in [2.75, 3.05) is 5.75 Å². The number of thiophene rings is 1. The van der Waals surface area contributed by atoms with E-state index in [1.54, 1.807) is 11.3 Å². The van der Waals surface area contributed by atoms with Crippen molar-refractivity contribution >= 4 is 34.9 Å². The Kier molecular flexibility index (Phi) is 6.97. The fourth-order valence-electron chi connectivity index (χ4n) is 3.29. The highest BCUT2D eigenvalue weighted by atomic mass is 32.2. The lowest BCUT2D eigenvalue weighted by Crippen LogP contribution is -2.50. The number of aromatic nitrogens is 3. The first-order valence-corrected chi connectivity index (χ1v) is 11.8. The third kappa shape index (κ3) is 5.13. The van der Waals surface area contributed by atoms with Crippen molar-refractivity contribution in [2.24, 2.45) is 0 Å². The van der Waals surface area contributed by atoms with Crippen molar-refractivity contribution in [3.8, 4) is 10.7 Å². The molecular formula is C20H23N7O2S2. The lowest BCUT2D eigenvalue weighted by atomic mass is 10.0. The lowest BCUT2D eigenvalue weighted by Gasteiger charge is -2.12. The number of hydrazine groups is 2. The van der Waals surface area contributed by atoms with Gasteiger partial charge in [-0.15, -0.1) is 21.5 Å². The van der Waals surface area contributed by atoms with E-state index in [9.17, 15) is 9.59 Å². The molecule has 4 N–H and O–H groups in total. The van der Waals surface area contributed by atoms with Gasteiger partial charge in [-0.25, -0.2) is 10.9 Å². The molecule has 1 aromatic carbocycles. The molecule has 11 heteroatoms. The molecule has 0 radical (unpaired) electrons. The summed E-state index contributed by atoms with van der Waals surface area (Å²) in [5.41, 5.74) is 12.2. The zero-order valence-corrected chi connectivity index (χ0v) is 18.5. The van der Waals surface area contributed by atoms with Crippen LogP contribution in [-0.2, 0) is 16.1 Å². The summed E-state index contributed by atoms with van der Waals surface area (Å²) in [7, 11) is 0. The van der Waals surface area contributed by atoms with Gasteiger partial charge in [0, 0.05) is 12.6 Å². The molecule has 1 fully saturated rings. The molecule has 162 valence electrons. The first-order chi connectivity index (χ1) is 15.2. The summed E-state index contributed by atoms with van der Waals surface area (Å²) in [6.07, 6.45) is 0.589. The number of nitrogens with one attached hydrogen (secondary N) is 4. The molecule has 2 aromatic heterocycles. The molecule has 31 heavy (non-hydrogen) atoms. The van der Waals surface area contributed by atoms with E-state index in [-0.39, 0.29) is 23.6 Å². The Morgan fingerprint density at radius 3 is 2.74 bits per heavy atom. The van der Waals surface area contributed by atoms with E-state index < -0.39 is 6.04 Å². The van der Waals surface area contributed by atoms with Gasteiger partial charge in [-0.3, -0.25) is 20.4 Å². The normalized spacial score (nSPS) is 18.1. The first-order valence-electron chi connectivity index (χ1n) is 9.90. The minimum absolute atomic E-state index is 0.0427. The molecule has 1 aliphatic heterocycles. The Bertz CT molecular complexity index is 1020. The molecule has 9 nitrogen and oxygen atoms in total. The van der Waals surface area contributed by atoms with E-state index >= 15 is 0 Å². The molecule has 2 atom stereocenters. The van der Waals surface area contributed by atoms with Gasteiger partial charge in [-0.05, 0) is 30.4 Å². The Hall–Kier alpha value is -2.73. The molecule has 0 saturated carbocycles. The zero-order valence-electron chi connectivity index (χ0n) is 16.9. The van der Waals surface area contributed by atoms with E-state index in [0.29, 0.717) is 18.1 Å². The Morgan fingerprint density at radius 1 is 1.16 bits per heavy atom. The largest absolute Gasteiger partial charge is 0.302 e. The minimum atomic E-state index is -0.435. The number of thioether (sulfide) groups is 1. The van der Waals surface area contributed by atoms with Crippen molar-refractivity contribution in [3.63, 3.8) is 0 Å². The second-order valence-corrected chi connectivity index (χ2v) is 8.78. The SMILES string of the molecule is CCn1c(SCC(=O)NNC(=O)C2CC(c3ccccc3)NN2)nnc1-c1cccs1. The van der Waals surface area contributed by atoms with Gasteiger partial charge in [-0.1, -0.05) is 48.2 Å². The number of nitrogens with zero attached hydrogens (tertiary/aromatic N) is 3. The average molecular weight is 458 g/mol. The fourth-order valence-corrected chi connectivity index (χ4v) is 4.80. The number of carbonyl (C=O) groups excluding carboxylic acids is 2. The summed E-state index contributed by atoms with van der Waals surface area (Å²) in [5.74, 6) is 0.306. The molecular weight excluding hydrogens is 434 g/mol. The van der Waals surface area contributed by atoms with Crippen LogP contribution in [0.3, 0.4) is 0 Å². The molecule has 0 spiro atoms. The van der Waals surface area contributed by atoms with Crippen LogP contribution >= 0.6 is 23.1 Å². The lowest BCUT2D eigenvalue weighted by molar-refractivity contribution is -0.128. The third-order valence-electron chi connectivity index (χ3n) is 4.85. The molecule has 2 unspecified atom stereocenters. The summed E-state index contributed by atoms with van der Waals surface area (Å²) in [6, 6.07) is 13.5. The summed E-state index contributed by atoms with van der Waals surface area (Å²) in [5, 5.41) is 11.1. The predicted octanol–water partition coefficient (Wildman–Crippen LogP) is 1.87. The molecule has 3 heterocycles. The van der Waals surface area contributed by atoms with Crippen molar-refractivity contribution in [1.29, 1.82) is 0 Å². The highest BCUT2D eigenvalue weighted by Crippen LogP contribution is 2.27. The molecule has 3 aromatic rings. The standard InChI is InChI=1S/C20H23N7O2S2/c1-2-27-18(16-9-6-10-30-16)24-26-20(27)31-12-17(28)23-25-19(29)15-11-14(21-22-15)13-7-4-3-5-8-13/h3-10,14-15,21-22H,2,11-12H2,1H3,(H,23,28)(H,25,29). The molecule has 0 bridgehead atoms. The summed E-state index contributed by atoms with van der Waals surface area (Å²) < 4.78 is 1.97. The Morgan fingerprint density at radius 2 is 2.00 bits per heavy atom. The number of benzene rings is 1. The van der Waals surface area contributed by atoms with Crippen LogP contribution in [0.25, 0.3) is 10.7 Å². The number of rotatable bonds is 7. The Balaban J connectivity index is 1.24. The summed E-state index contributed by atoms with van der Waals surface area (Å²) in [6.45, 7) is 2.71. The van der Waals surface area contributed by atoms with Crippen molar-refractivity contribution in [3.05, 3.63) is 53.4 Å².